The molecule has 1 aromatic carbocycles. The average molecular weight is 357 g/mol. The maximum Gasteiger partial charge on any atom is 0.244 e. The summed E-state index contributed by atoms with van der Waals surface area (Å²) in [4.78, 5) is 17.0. The lowest BCUT2D eigenvalue weighted by Crippen LogP contribution is -2.43. The highest BCUT2D eigenvalue weighted by Crippen LogP contribution is 2.17. The first-order valence-corrected chi connectivity index (χ1v) is 9.13. The van der Waals surface area contributed by atoms with Gasteiger partial charge in [0.2, 0.25) is 15.9 Å². The minimum atomic E-state index is -3.91. The Morgan fingerprint density at radius 3 is 2.52 bits per heavy atom. The smallest absolute Gasteiger partial charge is 0.244 e. The molecule has 1 atom stereocenters. The van der Waals surface area contributed by atoms with Crippen molar-refractivity contribution < 1.29 is 17.6 Å². The summed E-state index contributed by atoms with van der Waals surface area (Å²) in [7, 11) is -3.91. The summed E-state index contributed by atoms with van der Waals surface area (Å²) in [6.45, 7) is 3.53. The van der Waals surface area contributed by atoms with E-state index in [1.807, 2.05) is 6.92 Å². The lowest BCUT2D eigenvalue weighted by atomic mass is 10.2. The van der Waals surface area contributed by atoms with Crippen LogP contribution in [0, 0.1) is 12.7 Å². The van der Waals surface area contributed by atoms with Crippen molar-refractivity contribution in [1.82, 2.24) is 9.71 Å². The van der Waals surface area contributed by atoms with Gasteiger partial charge in [0.1, 0.15) is 11.9 Å². The van der Waals surface area contributed by atoms with Crippen LogP contribution in [0.4, 0.5) is 9.52 Å². The van der Waals surface area contributed by atoms with Gasteiger partial charge < -0.3 is 5.32 Å². The zero-order valence-corrected chi connectivity index (χ0v) is 14.2. The number of amides is 1. The molecule has 1 unspecified atom stereocenters. The van der Waals surface area contributed by atoms with Crippen LogP contribution in [0.15, 0.2) is 35.4 Å². The summed E-state index contributed by atoms with van der Waals surface area (Å²) >= 11 is 1.30. The molecule has 6 nitrogen and oxygen atoms in total. The number of halogens is 1. The van der Waals surface area contributed by atoms with Crippen LogP contribution in [-0.4, -0.2) is 25.4 Å². The molecule has 9 heteroatoms. The van der Waals surface area contributed by atoms with E-state index in [1.54, 1.807) is 13.1 Å². The van der Waals surface area contributed by atoms with Crippen molar-refractivity contribution in [2.75, 3.05) is 5.32 Å². The Labute approximate surface area is 137 Å². The summed E-state index contributed by atoms with van der Waals surface area (Å²) in [5, 5.41) is 2.99. The first kappa shape index (κ1) is 17.5. The normalized spacial score (nSPS) is 12.8. The first-order valence-electron chi connectivity index (χ1n) is 6.83. The minimum Gasteiger partial charge on any atom is -0.301 e. The molecule has 0 spiro atoms. The molecule has 23 heavy (non-hydrogen) atoms. The Kier molecular flexibility index (Phi) is 5.45. The van der Waals surface area contributed by atoms with Crippen molar-refractivity contribution in [3.63, 3.8) is 0 Å². The summed E-state index contributed by atoms with van der Waals surface area (Å²) in [6.07, 6.45) is 1.88. The second-order valence-corrected chi connectivity index (χ2v) is 7.75. The van der Waals surface area contributed by atoms with E-state index in [0.717, 1.165) is 29.1 Å². The Morgan fingerprint density at radius 1 is 1.35 bits per heavy atom. The van der Waals surface area contributed by atoms with Gasteiger partial charge in [-0.3, -0.25) is 4.79 Å². The Hall–Kier alpha value is -1.84. The zero-order chi connectivity index (χ0) is 17.0. The molecule has 0 aliphatic carbocycles. The number of thiazole rings is 1. The monoisotopic (exact) mass is 357 g/mol. The number of rotatable bonds is 6. The van der Waals surface area contributed by atoms with Crippen molar-refractivity contribution in [2.24, 2.45) is 0 Å². The molecule has 2 rings (SSSR count). The lowest BCUT2D eigenvalue weighted by Gasteiger charge is -2.16. The van der Waals surface area contributed by atoms with Crippen LogP contribution < -0.4 is 10.0 Å². The van der Waals surface area contributed by atoms with Gasteiger partial charge in [0, 0.05) is 11.1 Å². The fraction of sp³-hybridized carbons (Fsp3) is 0.286. The molecule has 0 aliphatic rings. The van der Waals surface area contributed by atoms with E-state index in [1.165, 1.54) is 11.3 Å². The summed E-state index contributed by atoms with van der Waals surface area (Å²) in [5.74, 6) is -1.03. The lowest BCUT2D eigenvalue weighted by molar-refractivity contribution is -0.117. The quantitative estimate of drug-likeness (QED) is 0.830. The van der Waals surface area contributed by atoms with Crippen LogP contribution in [0.3, 0.4) is 0 Å². The van der Waals surface area contributed by atoms with Gasteiger partial charge in [-0.1, -0.05) is 6.92 Å². The van der Waals surface area contributed by atoms with E-state index < -0.39 is 27.8 Å². The number of carbonyl (C=O) groups is 1. The molecule has 0 saturated heterocycles. The van der Waals surface area contributed by atoms with E-state index in [2.05, 4.69) is 15.0 Å². The molecule has 124 valence electrons. The number of anilines is 1. The van der Waals surface area contributed by atoms with Gasteiger partial charge >= 0.3 is 0 Å². The maximum atomic E-state index is 12.9. The molecule has 0 saturated carbocycles. The largest absolute Gasteiger partial charge is 0.301 e. The van der Waals surface area contributed by atoms with Gasteiger partial charge in [0.25, 0.3) is 0 Å². The summed E-state index contributed by atoms with van der Waals surface area (Å²) < 4.78 is 39.7. The summed E-state index contributed by atoms with van der Waals surface area (Å²) in [6, 6.07) is 3.44. The molecule has 1 heterocycles. The number of aromatic nitrogens is 1. The second kappa shape index (κ2) is 7.16. The van der Waals surface area contributed by atoms with Gasteiger partial charge in [-0.05, 0) is 37.6 Å². The van der Waals surface area contributed by atoms with Crippen molar-refractivity contribution in [3.8, 4) is 0 Å². The Balaban J connectivity index is 2.11. The van der Waals surface area contributed by atoms with Gasteiger partial charge in [-0.25, -0.2) is 17.8 Å². The van der Waals surface area contributed by atoms with Gasteiger partial charge in [-0.2, -0.15) is 4.72 Å². The fourth-order valence-electron chi connectivity index (χ4n) is 1.80. The van der Waals surface area contributed by atoms with Crippen molar-refractivity contribution in [2.45, 2.75) is 31.2 Å². The van der Waals surface area contributed by atoms with Crippen molar-refractivity contribution in [1.29, 1.82) is 0 Å². The molecule has 1 aromatic heterocycles. The molecule has 0 radical (unpaired) electrons. The van der Waals surface area contributed by atoms with Gasteiger partial charge in [-0.15, -0.1) is 11.3 Å². The predicted molar refractivity (Wildman–Crippen MR) is 86.3 cm³/mol. The third kappa shape index (κ3) is 4.57. The van der Waals surface area contributed by atoms with Crippen LogP contribution >= 0.6 is 11.3 Å². The summed E-state index contributed by atoms with van der Waals surface area (Å²) in [5.41, 5.74) is 0. The van der Waals surface area contributed by atoms with E-state index in [9.17, 15) is 17.6 Å². The first-order chi connectivity index (χ1) is 10.8. The standard InChI is InChI=1S/C14H16FN3O3S2/c1-3-12(13(19)17-14-16-8-9(2)22-14)18-23(20,21)11-6-4-10(15)5-7-11/h4-8,12,18H,3H2,1-2H3,(H,16,17,19). The Bertz CT molecular complexity index is 788. The highest BCUT2D eigenvalue weighted by Gasteiger charge is 2.25. The van der Waals surface area contributed by atoms with Crippen LogP contribution in [0.25, 0.3) is 0 Å². The number of nitrogens with zero attached hydrogens (tertiary/aromatic N) is 1. The topological polar surface area (TPSA) is 88.2 Å². The van der Waals surface area contributed by atoms with Crippen LogP contribution in [0.2, 0.25) is 0 Å². The van der Waals surface area contributed by atoms with E-state index in [-0.39, 0.29) is 11.3 Å². The highest BCUT2D eigenvalue weighted by molar-refractivity contribution is 7.89. The Morgan fingerprint density at radius 2 is 2.00 bits per heavy atom. The molecular formula is C14H16FN3O3S2. The van der Waals surface area contributed by atoms with Gasteiger partial charge in [0.15, 0.2) is 5.13 Å². The van der Waals surface area contributed by atoms with Crippen LogP contribution in [-0.2, 0) is 14.8 Å². The number of carbonyl (C=O) groups excluding carboxylic acids is 1. The second-order valence-electron chi connectivity index (χ2n) is 4.80. The molecular weight excluding hydrogens is 341 g/mol. The predicted octanol–water partition coefficient (Wildman–Crippen LogP) is 2.29. The number of nitrogens with one attached hydrogen (secondary N) is 2. The maximum absolute atomic E-state index is 12.9. The highest BCUT2D eigenvalue weighted by atomic mass is 32.2. The van der Waals surface area contributed by atoms with E-state index >= 15 is 0 Å². The van der Waals surface area contributed by atoms with Crippen molar-refractivity contribution >= 4 is 32.4 Å². The molecule has 0 aliphatic heterocycles. The zero-order valence-electron chi connectivity index (χ0n) is 12.5. The number of hydrogen-bond donors (Lipinski definition) is 2. The fourth-order valence-corrected chi connectivity index (χ4v) is 3.74. The minimum absolute atomic E-state index is 0.102. The SMILES string of the molecule is CCC(NS(=O)(=O)c1ccc(F)cc1)C(=O)Nc1ncc(C)s1. The molecule has 0 bridgehead atoms. The molecule has 1 amide bonds. The number of sulfonamides is 1. The van der Waals surface area contributed by atoms with E-state index in [0.29, 0.717) is 5.13 Å². The van der Waals surface area contributed by atoms with Crippen LogP contribution in [0.5, 0.6) is 0 Å². The van der Waals surface area contributed by atoms with Crippen LogP contribution in [0.1, 0.15) is 18.2 Å². The molecule has 2 aromatic rings. The molecule has 0 fully saturated rings. The van der Waals surface area contributed by atoms with Crippen molar-refractivity contribution in [3.05, 3.63) is 41.2 Å². The molecule has 2 N–H and O–H groups in total. The number of aryl methyl sites for hydroxylation is 1. The third-order valence-electron chi connectivity index (χ3n) is 3.00. The van der Waals surface area contributed by atoms with Gasteiger partial charge in [0.05, 0.1) is 4.90 Å². The average Bonchev–Trinajstić information content (AvgIpc) is 2.90. The third-order valence-corrected chi connectivity index (χ3v) is 5.31. The number of benzene rings is 1. The van der Waals surface area contributed by atoms with E-state index in [4.69, 9.17) is 0 Å². The number of hydrogen-bond acceptors (Lipinski definition) is 5.